The number of rotatable bonds is 2. The molecule has 6 nitrogen and oxygen atoms in total. The summed E-state index contributed by atoms with van der Waals surface area (Å²) in [5.74, 6) is 0.188. The van der Waals surface area contributed by atoms with Crippen molar-refractivity contribution in [3.8, 4) is 0 Å². The van der Waals surface area contributed by atoms with Crippen LogP contribution in [0.5, 0.6) is 0 Å². The van der Waals surface area contributed by atoms with Crippen molar-refractivity contribution >= 4 is 27.7 Å². The third-order valence-corrected chi connectivity index (χ3v) is 5.04. The zero-order valence-corrected chi connectivity index (χ0v) is 14.7. The number of benzene rings is 1. The number of carbonyl (C=O) groups excluding carboxylic acids is 2. The lowest BCUT2D eigenvalue weighted by Crippen LogP contribution is -2.54. The van der Waals surface area contributed by atoms with Crippen LogP contribution in [0.25, 0.3) is 0 Å². The molecule has 2 fully saturated rings. The Morgan fingerprint density at radius 3 is 2.26 bits per heavy atom. The van der Waals surface area contributed by atoms with E-state index >= 15 is 0 Å². The number of hydrogen-bond acceptors (Lipinski definition) is 4. The van der Waals surface area contributed by atoms with Crippen LogP contribution in [0.3, 0.4) is 0 Å². The number of hydrogen-bond donors (Lipinski definition) is 2. The first kappa shape index (κ1) is 16.4. The van der Waals surface area contributed by atoms with Gasteiger partial charge in [-0.25, -0.2) is 10.9 Å². The molecular formula is C16H21BrN4O2. The lowest BCUT2D eigenvalue weighted by Gasteiger charge is -2.35. The zero-order chi connectivity index (χ0) is 16.4. The van der Waals surface area contributed by atoms with Crippen LogP contribution in [-0.4, -0.2) is 53.8 Å². The van der Waals surface area contributed by atoms with Crippen molar-refractivity contribution in [3.05, 3.63) is 34.3 Å². The molecule has 2 heterocycles. The molecule has 0 aliphatic carbocycles. The van der Waals surface area contributed by atoms with E-state index in [4.69, 9.17) is 0 Å². The Bertz CT molecular complexity index is 584. The molecule has 0 radical (unpaired) electrons. The van der Waals surface area contributed by atoms with Gasteiger partial charge in [-0.05, 0) is 24.1 Å². The van der Waals surface area contributed by atoms with Crippen LogP contribution in [0, 0.1) is 0 Å². The second-order valence-electron chi connectivity index (χ2n) is 6.01. The first-order valence-corrected chi connectivity index (χ1v) is 8.64. The molecule has 0 bridgehead atoms. The minimum Gasteiger partial charge on any atom is -0.339 e. The fourth-order valence-corrected chi connectivity index (χ4v) is 3.36. The molecule has 2 aliphatic rings. The summed E-state index contributed by atoms with van der Waals surface area (Å²) in [4.78, 5) is 27.6. The van der Waals surface area contributed by atoms with Crippen molar-refractivity contribution in [2.75, 3.05) is 26.2 Å². The Morgan fingerprint density at radius 1 is 1.04 bits per heavy atom. The highest BCUT2D eigenvalue weighted by atomic mass is 79.9. The highest BCUT2D eigenvalue weighted by Crippen LogP contribution is 2.24. The molecule has 2 N–H and O–H groups in total. The minimum absolute atomic E-state index is 0.0769. The highest BCUT2D eigenvalue weighted by molar-refractivity contribution is 9.10. The third kappa shape index (κ3) is 3.73. The predicted molar refractivity (Wildman–Crippen MR) is 90.4 cm³/mol. The summed E-state index contributed by atoms with van der Waals surface area (Å²) in [5.41, 5.74) is 7.49. The van der Waals surface area contributed by atoms with Crippen LogP contribution < -0.4 is 10.9 Å². The van der Waals surface area contributed by atoms with Gasteiger partial charge in [-0.15, -0.1) is 0 Å². The van der Waals surface area contributed by atoms with E-state index in [-0.39, 0.29) is 23.9 Å². The van der Waals surface area contributed by atoms with Gasteiger partial charge < -0.3 is 9.80 Å². The lowest BCUT2D eigenvalue weighted by molar-refractivity contribution is -0.139. The van der Waals surface area contributed by atoms with Crippen molar-refractivity contribution in [1.29, 1.82) is 0 Å². The molecule has 2 unspecified atom stereocenters. The van der Waals surface area contributed by atoms with Gasteiger partial charge in [0.05, 0.1) is 0 Å². The van der Waals surface area contributed by atoms with Crippen LogP contribution in [0.15, 0.2) is 28.7 Å². The Hall–Kier alpha value is -1.44. The highest BCUT2D eigenvalue weighted by Gasteiger charge is 2.34. The van der Waals surface area contributed by atoms with Crippen molar-refractivity contribution < 1.29 is 9.59 Å². The van der Waals surface area contributed by atoms with Crippen LogP contribution in [0.2, 0.25) is 0 Å². The Balaban J connectivity index is 1.55. The molecule has 2 aliphatic heterocycles. The van der Waals surface area contributed by atoms with Gasteiger partial charge in [-0.1, -0.05) is 28.1 Å². The van der Waals surface area contributed by atoms with E-state index in [0.717, 1.165) is 16.5 Å². The molecule has 0 aromatic heterocycles. The molecule has 3 rings (SSSR count). The predicted octanol–water partition coefficient (Wildman–Crippen LogP) is 1.05. The Kier molecular flexibility index (Phi) is 4.99. The monoisotopic (exact) mass is 380 g/mol. The van der Waals surface area contributed by atoms with Gasteiger partial charge in [0, 0.05) is 43.6 Å². The summed E-state index contributed by atoms with van der Waals surface area (Å²) in [6.07, 6.45) is 0.730. The van der Waals surface area contributed by atoms with E-state index in [1.807, 2.05) is 17.0 Å². The molecule has 2 atom stereocenters. The van der Waals surface area contributed by atoms with Crippen LogP contribution >= 0.6 is 15.9 Å². The summed E-state index contributed by atoms with van der Waals surface area (Å²) in [6.45, 7) is 4.04. The number of halogens is 1. The van der Waals surface area contributed by atoms with Gasteiger partial charge in [0.25, 0.3) is 0 Å². The van der Waals surface area contributed by atoms with E-state index in [1.54, 1.807) is 11.8 Å². The van der Waals surface area contributed by atoms with Crippen LogP contribution in [0.1, 0.15) is 24.9 Å². The minimum atomic E-state index is -0.215. The van der Waals surface area contributed by atoms with Crippen molar-refractivity contribution in [2.45, 2.75) is 25.4 Å². The Labute approximate surface area is 144 Å². The molecule has 124 valence electrons. The molecule has 0 spiro atoms. The molecule has 7 heteroatoms. The molecule has 1 aromatic carbocycles. The summed E-state index contributed by atoms with van der Waals surface area (Å²) >= 11 is 3.43. The molecule has 23 heavy (non-hydrogen) atoms. The molecule has 2 amide bonds. The lowest BCUT2D eigenvalue weighted by atomic mass is 10.0. The van der Waals surface area contributed by atoms with Crippen molar-refractivity contribution in [3.63, 3.8) is 0 Å². The fourth-order valence-electron chi connectivity index (χ4n) is 3.09. The topological polar surface area (TPSA) is 64.7 Å². The smallest absolute Gasteiger partial charge is 0.241 e. The van der Waals surface area contributed by atoms with Crippen LogP contribution in [-0.2, 0) is 9.59 Å². The number of nitrogens with zero attached hydrogens (tertiary/aromatic N) is 2. The second-order valence-corrected chi connectivity index (χ2v) is 6.93. The SMILES string of the molecule is CC(=O)N1CCN(C(=O)C2CC(c3ccc(Br)cc3)NN2)CC1. The van der Waals surface area contributed by atoms with Gasteiger partial charge in [0.2, 0.25) is 11.8 Å². The van der Waals surface area contributed by atoms with Gasteiger partial charge in [-0.3, -0.25) is 9.59 Å². The molecule has 2 saturated heterocycles. The average Bonchev–Trinajstić information content (AvgIpc) is 3.05. The fraction of sp³-hybridized carbons (Fsp3) is 0.500. The largest absolute Gasteiger partial charge is 0.339 e. The zero-order valence-electron chi connectivity index (χ0n) is 13.1. The number of hydrazine groups is 1. The van der Waals surface area contributed by atoms with E-state index in [1.165, 1.54) is 0 Å². The van der Waals surface area contributed by atoms with Gasteiger partial charge >= 0.3 is 0 Å². The van der Waals surface area contributed by atoms with E-state index in [2.05, 4.69) is 38.9 Å². The Morgan fingerprint density at radius 2 is 1.65 bits per heavy atom. The number of amides is 2. The van der Waals surface area contributed by atoms with E-state index in [0.29, 0.717) is 26.2 Å². The normalized spacial score (nSPS) is 24.8. The van der Waals surface area contributed by atoms with Gasteiger partial charge in [-0.2, -0.15) is 0 Å². The first-order chi connectivity index (χ1) is 11.0. The van der Waals surface area contributed by atoms with E-state index < -0.39 is 0 Å². The molecular weight excluding hydrogens is 360 g/mol. The van der Waals surface area contributed by atoms with Crippen molar-refractivity contribution in [1.82, 2.24) is 20.7 Å². The average molecular weight is 381 g/mol. The van der Waals surface area contributed by atoms with Gasteiger partial charge in [0.15, 0.2) is 0 Å². The number of piperazine rings is 1. The summed E-state index contributed by atoms with van der Waals surface area (Å²) in [7, 11) is 0. The maximum absolute atomic E-state index is 12.6. The van der Waals surface area contributed by atoms with E-state index in [9.17, 15) is 9.59 Å². The van der Waals surface area contributed by atoms with Crippen LogP contribution in [0.4, 0.5) is 0 Å². The second kappa shape index (κ2) is 6.98. The number of nitrogens with one attached hydrogen (secondary N) is 2. The van der Waals surface area contributed by atoms with Crippen molar-refractivity contribution in [2.24, 2.45) is 0 Å². The maximum atomic E-state index is 12.6. The summed E-state index contributed by atoms with van der Waals surface area (Å²) in [5, 5.41) is 0. The summed E-state index contributed by atoms with van der Waals surface area (Å²) < 4.78 is 1.04. The maximum Gasteiger partial charge on any atom is 0.241 e. The summed E-state index contributed by atoms with van der Waals surface area (Å²) in [6, 6.07) is 8.05. The quantitative estimate of drug-likeness (QED) is 0.804. The third-order valence-electron chi connectivity index (χ3n) is 4.51. The van der Waals surface area contributed by atoms with Gasteiger partial charge in [0.1, 0.15) is 6.04 Å². The standard InChI is InChI=1S/C16H21BrN4O2/c1-11(22)20-6-8-21(9-7-20)16(23)15-10-14(18-19-15)12-2-4-13(17)5-3-12/h2-5,14-15,18-19H,6-10H2,1H3. The number of carbonyl (C=O) groups is 2. The first-order valence-electron chi connectivity index (χ1n) is 7.85. The molecule has 1 aromatic rings. The molecule has 0 saturated carbocycles.